The average molecular weight is 376 g/mol. The van der Waals surface area contributed by atoms with E-state index >= 15 is 0 Å². The molecule has 6 N–H and O–H groups in total. The van der Waals surface area contributed by atoms with Crippen LogP contribution in [-0.4, -0.2) is 56.7 Å². The maximum atomic E-state index is 11.0. The highest BCUT2D eigenvalue weighted by Gasteiger charge is 2.21. The number of aliphatic hydroxyl groups excluding tert-OH is 3. The number of hydrogen-bond acceptors (Lipinski definition) is 7. The first-order chi connectivity index (χ1) is 12.8. The summed E-state index contributed by atoms with van der Waals surface area (Å²) in [5.74, 6) is 0.0564. The predicted molar refractivity (Wildman–Crippen MR) is 97.8 cm³/mol. The molecule has 8 nitrogen and oxygen atoms in total. The number of aliphatic carboxylic acids is 1. The van der Waals surface area contributed by atoms with Gasteiger partial charge in [0.15, 0.2) is 0 Å². The Morgan fingerprint density at radius 1 is 1.22 bits per heavy atom. The van der Waals surface area contributed by atoms with Gasteiger partial charge in [-0.2, -0.15) is 0 Å². The van der Waals surface area contributed by atoms with Crippen molar-refractivity contribution in [3.05, 3.63) is 53.2 Å². The number of fused-ring (bicyclic) bond motifs is 2. The van der Waals surface area contributed by atoms with Gasteiger partial charge in [-0.25, -0.2) is 4.98 Å². The fourth-order valence-electron chi connectivity index (χ4n) is 2.36. The van der Waals surface area contributed by atoms with Crippen LogP contribution < -0.4 is 10.5 Å². The van der Waals surface area contributed by atoms with Crippen molar-refractivity contribution < 1.29 is 30.0 Å². The molecule has 1 unspecified atom stereocenters. The number of carboxylic acids is 1. The van der Waals surface area contributed by atoms with E-state index in [9.17, 15) is 4.79 Å². The van der Waals surface area contributed by atoms with Crippen molar-refractivity contribution >= 4 is 5.97 Å². The van der Waals surface area contributed by atoms with E-state index in [4.69, 9.17) is 30.9 Å². The van der Waals surface area contributed by atoms with Crippen LogP contribution in [0.1, 0.15) is 29.5 Å². The van der Waals surface area contributed by atoms with E-state index in [-0.39, 0.29) is 0 Å². The number of pyridine rings is 1. The summed E-state index contributed by atoms with van der Waals surface area (Å²) in [5, 5.41) is 34.1. The Balaban J connectivity index is 0.000000279. The summed E-state index contributed by atoms with van der Waals surface area (Å²) in [7, 11) is 0. The van der Waals surface area contributed by atoms with E-state index in [1.54, 1.807) is 19.2 Å². The maximum absolute atomic E-state index is 11.0. The lowest BCUT2D eigenvalue weighted by molar-refractivity contribution is -0.138. The molecule has 146 valence electrons. The van der Waals surface area contributed by atoms with Crippen LogP contribution in [0, 0.1) is 0 Å². The molecule has 2 heterocycles. The molecule has 1 atom stereocenters. The average Bonchev–Trinajstić information content (AvgIpc) is 2.71. The van der Waals surface area contributed by atoms with Gasteiger partial charge in [0.1, 0.15) is 5.75 Å². The van der Waals surface area contributed by atoms with Crippen LogP contribution in [0.2, 0.25) is 0 Å². The maximum Gasteiger partial charge on any atom is 0.310 e. The molecule has 0 aliphatic carbocycles. The highest BCUT2D eigenvalue weighted by molar-refractivity contribution is 5.75. The Kier molecular flexibility index (Phi) is 6.86. The van der Waals surface area contributed by atoms with Crippen LogP contribution >= 0.6 is 0 Å². The molecule has 1 aromatic carbocycles. The standard InChI is InChI=1S/C15H13NO3.C4H11NO3/c1-9(15(17)18)10-4-5-13-12(7-10)8-11-3-2-6-16-14(11)19-13;5-4(1-6,2-7)3-8/h2-7,9H,8H2,1H3,(H,17,18);6-8H,1-3,5H2. The van der Waals surface area contributed by atoms with Gasteiger partial charge in [0, 0.05) is 18.2 Å². The monoisotopic (exact) mass is 376 g/mol. The van der Waals surface area contributed by atoms with Crippen molar-refractivity contribution in [2.24, 2.45) is 5.73 Å². The van der Waals surface area contributed by atoms with Crippen LogP contribution in [0.4, 0.5) is 0 Å². The number of ether oxygens (including phenoxy) is 1. The van der Waals surface area contributed by atoms with Gasteiger partial charge >= 0.3 is 5.97 Å². The van der Waals surface area contributed by atoms with Gasteiger partial charge < -0.3 is 30.9 Å². The van der Waals surface area contributed by atoms with E-state index in [0.29, 0.717) is 5.88 Å². The van der Waals surface area contributed by atoms with E-state index in [2.05, 4.69) is 4.98 Å². The smallest absolute Gasteiger partial charge is 0.310 e. The third kappa shape index (κ3) is 5.01. The first-order valence-corrected chi connectivity index (χ1v) is 8.42. The molecule has 0 saturated carbocycles. The molecule has 1 aliphatic rings. The zero-order valence-corrected chi connectivity index (χ0v) is 15.0. The summed E-state index contributed by atoms with van der Waals surface area (Å²) in [6.07, 6.45) is 2.42. The molecule has 0 amide bonds. The van der Waals surface area contributed by atoms with E-state index in [0.717, 1.165) is 28.9 Å². The fourth-order valence-corrected chi connectivity index (χ4v) is 2.36. The number of benzene rings is 1. The molecule has 27 heavy (non-hydrogen) atoms. The minimum Gasteiger partial charge on any atom is -0.481 e. The van der Waals surface area contributed by atoms with Crippen molar-refractivity contribution in [3.8, 4) is 11.6 Å². The number of carboxylic acid groups (broad SMARTS) is 1. The molecule has 1 aliphatic heterocycles. The first-order valence-electron chi connectivity index (χ1n) is 8.42. The largest absolute Gasteiger partial charge is 0.481 e. The molecule has 3 rings (SSSR count). The summed E-state index contributed by atoms with van der Waals surface area (Å²) in [6, 6.07) is 9.37. The second-order valence-corrected chi connectivity index (χ2v) is 6.51. The van der Waals surface area contributed by atoms with Crippen LogP contribution in [-0.2, 0) is 11.2 Å². The van der Waals surface area contributed by atoms with Crippen molar-refractivity contribution in [2.75, 3.05) is 19.8 Å². The summed E-state index contributed by atoms with van der Waals surface area (Å²) < 4.78 is 5.71. The molecule has 1 aromatic heterocycles. The number of aliphatic hydroxyl groups is 3. The summed E-state index contributed by atoms with van der Waals surface area (Å²) >= 11 is 0. The minimum absolute atomic E-state index is 0.403. The van der Waals surface area contributed by atoms with Gasteiger partial charge in [0.25, 0.3) is 0 Å². The zero-order valence-electron chi connectivity index (χ0n) is 15.0. The molecule has 0 bridgehead atoms. The van der Waals surface area contributed by atoms with Crippen LogP contribution in [0.5, 0.6) is 11.6 Å². The number of nitrogens with zero attached hydrogens (tertiary/aromatic N) is 1. The van der Waals surface area contributed by atoms with Gasteiger partial charge in [0.05, 0.1) is 31.3 Å². The Labute approximate surface area is 156 Å². The second-order valence-electron chi connectivity index (χ2n) is 6.51. The van der Waals surface area contributed by atoms with Gasteiger partial charge in [-0.1, -0.05) is 18.2 Å². The van der Waals surface area contributed by atoms with Crippen LogP contribution in [0.3, 0.4) is 0 Å². The summed E-state index contributed by atoms with van der Waals surface area (Å²) in [5.41, 5.74) is 6.76. The Hall–Kier alpha value is -2.52. The van der Waals surface area contributed by atoms with E-state index < -0.39 is 37.2 Å². The van der Waals surface area contributed by atoms with Crippen molar-refractivity contribution in [1.82, 2.24) is 4.98 Å². The molecule has 8 heteroatoms. The SMILES string of the molecule is CC(C(=O)O)c1ccc2c(c1)Cc1cccnc1O2.NC(CO)(CO)CO. The van der Waals surface area contributed by atoms with Gasteiger partial charge in [-0.3, -0.25) is 4.79 Å². The van der Waals surface area contributed by atoms with E-state index in [1.807, 2.05) is 24.3 Å². The predicted octanol–water partition coefficient (Wildman–Crippen LogP) is 0.627. The Bertz CT molecular complexity index is 783. The van der Waals surface area contributed by atoms with Crippen LogP contribution in [0.25, 0.3) is 0 Å². The summed E-state index contributed by atoms with van der Waals surface area (Å²) in [6.45, 7) is 0.475. The zero-order chi connectivity index (χ0) is 20.0. The molecule has 0 radical (unpaired) electrons. The highest BCUT2D eigenvalue weighted by Crippen LogP contribution is 2.36. The van der Waals surface area contributed by atoms with Gasteiger partial charge in [0.2, 0.25) is 5.88 Å². The fraction of sp³-hybridized carbons (Fsp3) is 0.368. The Morgan fingerprint density at radius 2 is 1.89 bits per heavy atom. The summed E-state index contributed by atoms with van der Waals surface area (Å²) in [4.78, 5) is 15.2. The van der Waals surface area contributed by atoms with Crippen LogP contribution in [0.15, 0.2) is 36.5 Å². The van der Waals surface area contributed by atoms with E-state index in [1.165, 1.54) is 0 Å². The molecule has 0 fully saturated rings. The third-order valence-electron chi connectivity index (χ3n) is 4.34. The minimum atomic E-state index is -1.21. The number of rotatable bonds is 5. The number of carbonyl (C=O) groups is 1. The number of nitrogens with two attached hydrogens (primary N) is 1. The molecular weight excluding hydrogens is 352 g/mol. The van der Waals surface area contributed by atoms with Crippen molar-refractivity contribution in [1.29, 1.82) is 0 Å². The molecule has 0 saturated heterocycles. The van der Waals surface area contributed by atoms with Crippen molar-refractivity contribution in [2.45, 2.75) is 24.8 Å². The molecular formula is C19H24N2O6. The number of aromatic nitrogens is 1. The number of hydrogen-bond donors (Lipinski definition) is 5. The normalized spacial score (nSPS) is 13.4. The van der Waals surface area contributed by atoms with Gasteiger partial charge in [-0.15, -0.1) is 0 Å². The highest BCUT2D eigenvalue weighted by atomic mass is 16.5. The second kappa shape index (κ2) is 8.92. The Morgan fingerprint density at radius 3 is 2.44 bits per heavy atom. The first kappa shape index (κ1) is 20.8. The lowest BCUT2D eigenvalue weighted by Crippen LogP contribution is -2.50. The quantitative estimate of drug-likeness (QED) is 0.436. The van der Waals surface area contributed by atoms with Gasteiger partial charge in [-0.05, 0) is 30.2 Å². The van der Waals surface area contributed by atoms with Crippen molar-refractivity contribution in [3.63, 3.8) is 0 Å². The lowest BCUT2D eigenvalue weighted by atomic mass is 9.95. The molecule has 0 spiro atoms. The lowest BCUT2D eigenvalue weighted by Gasteiger charge is -2.20. The topological polar surface area (TPSA) is 146 Å². The third-order valence-corrected chi connectivity index (χ3v) is 4.34. The molecule has 2 aromatic rings.